The minimum atomic E-state index is -1.14. The first-order chi connectivity index (χ1) is 19.6. The van der Waals surface area contributed by atoms with Gasteiger partial charge in [-0.05, 0) is 75.4 Å². The highest BCUT2D eigenvalue weighted by molar-refractivity contribution is 6.02. The number of nitrogens with one attached hydrogen (secondary N) is 2. The molecule has 41 heavy (non-hydrogen) atoms. The van der Waals surface area contributed by atoms with Crippen LogP contribution in [-0.2, 0) is 19.1 Å². The van der Waals surface area contributed by atoms with Crippen LogP contribution >= 0.6 is 0 Å². The van der Waals surface area contributed by atoms with Gasteiger partial charge < -0.3 is 25.2 Å². The molecule has 8 heteroatoms. The van der Waals surface area contributed by atoms with Crippen molar-refractivity contribution < 1.29 is 19.1 Å². The van der Waals surface area contributed by atoms with Crippen LogP contribution < -0.4 is 10.6 Å². The predicted octanol–water partition coefficient (Wildman–Crippen LogP) is 4.07. The van der Waals surface area contributed by atoms with Crippen molar-refractivity contribution in [3.63, 3.8) is 0 Å². The molecule has 2 bridgehead atoms. The molecular formula is C33H48N4O4. The maximum Gasteiger partial charge on any atom is 0.246 e. The molecule has 3 amide bonds. The third kappa shape index (κ3) is 5.57. The van der Waals surface area contributed by atoms with Gasteiger partial charge in [-0.2, -0.15) is 0 Å². The number of anilines is 1. The molecule has 0 aromatic heterocycles. The largest absolute Gasteiger partial charge is 0.359 e. The number of hydrogen-bond acceptors (Lipinski definition) is 5. The van der Waals surface area contributed by atoms with Crippen LogP contribution in [0.5, 0.6) is 0 Å². The molecule has 1 aliphatic carbocycles. The first-order valence-electron chi connectivity index (χ1n) is 15.6. The number of carbonyl (C=O) groups is 3. The summed E-state index contributed by atoms with van der Waals surface area (Å²) in [6.45, 7) is 12.6. The van der Waals surface area contributed by atoms with Gasteiger partial charge in [0.1, 0.15) is 11.6 Å². The first kappa shape index (κ1) is 29.8. The highest BCUT2D eigenvalue weighted by atomic mass is 16.5. The van der Waals surface area contributed by atoms with Crippen LogP contribution in [0.25, 0.3) is 0 Å². The zero-order valence-corrected chi connectivity index (χ0v) is 25.6. The maximum atomic E-state index is 14.2. The van der Waals surface area contributed by atoms with Crippen molar-refractivity contribution in [1.82, 2.24) is 15.1 Å². The minimum absolute atomic E-state index is 0.0668. The molecule has 1 saturated carbocycles. The van der Waals surface area contributed by atoms with E-state index < -0.39 is 29.6 Å². The second-order valence-corrected chi connectivity index (χ2v) is 13.1. The fraction of sp³-hybridized carbons (Fsp3) is 0.667. The van der Waals surface area contributed by atoms with E-state index >= 15 is 0 Å². The summed E-state index contributed by atoms with van der Waals surface area (Å²) in [7, 11) is 2.05. The fourth-order valence-electron chi connectivity index (χ4n) is 7.65. The number of amides is 3. The zero-order valence-electron chi connectivity index (χ0n) is 25.6. The van der Waals surface area contributed by atoms with Gasteiger partial charge in [0.15, 0.2) is 0 Å². The third-order valence-corrected chi connectivity index (χ3v) is 10.1. The number of likely N-dealkylation sites (N-methyl/N-ethyl adjacent to an activating group) is 1. The van der Waals surface area contributed by atoms with Crippen molar-refractivity contribution >= 4 is 23.4 Å². The lowest BCUT2D eigenvalue weighted by molar-refractivity contribution is -0.141. The predicted molar refractivity (Wildman–Crippen MR) is 160 cm³/mol. The highest BCUT2D eigenvalue weighted by Gasteiger charge is 2.72. The summed E-state index contributed by atoms with van der Waals surface area (Å²) in [4.78, 5) is 46.1. The molecule has 5 rings (SSSR count). The Morgan fingerprint density at radius 3 is 2.54 bits per heavy atom. The van der Waals surface area contributed by atoms with Crippen LogP contribution in [-0.4, -0.2) is 78.0 Å². The molecule has 3 aliphatic heterocycles. The van der Waals surface area contributed by atoms with Gasteiger partial charge >= 0.3 is 0 Å². The van der Waals surface area contributed by atoms with Crippen molar-refractivity contribution in [3.05, 3.63) is 41.5 Å². The molecule has 3 heterocycles. The lowest BCUT2D eigenvalue weighted by atomic mass is 9.73. The number of nitrogens with zero attached hydrogens (tertiary/aromatic N) is 2. The Morgan fingerprint density at radius 1 is 1.10 bits per heavy atom. The molecule has 2 saturated heterocycles. The molecule has 8 nitrogen and oxygen atoms in total. The Morgan fingerprint density at radius 2 is 1.83 bits per heavy atom. The molecule has 1 aromatic rings. The lowest BCUT2D eigenvalue weighted by Gasteiger charge is -2.38. The van der Waals surface area contributed by atoms with E-state index in [2.05, 4.69) is 49.4 Å². The summed E-state index contributed by atoms with van der Waals surface area (Å²) in [6, 6.07) is 5.19. The van der Waals surface area contributed by atoms with Gasteiger partial charge in [0, 0.05) is 24.8 Å². The van der Waals surface area contributed by atoms with Crippen molar-refractivity contribution in [2.75, 3.05) is 32.0 Å². The topological polar surface area (TPSA) is 91.0 Å². The first-order valence-corrected chi connectivity index (χ1v) is 15.6. The SMILES string of the molecule is CCCCN(C)CCN1C(=O)[C@@H]2[C@H](C(=O)Nc3cc(C)cc(C)c3)[C@@H]3C=C[C@@]2(O3)[C@@H]1C(=O)N[C@@H]1CCC[C@H](C)[C@@H]1C. The van der Waals surface area contributed by atoms with E-state index in [0.717, 1.165) is 43.4 Å². The number of likely N-dealkylation sites (tertiary alicyclic amines) is 1. The van der Waals surface area contributed by atoms with Gasteiger partial charge in [-0.15, -0.1) is 0 Å². The van der Waals surface area contributed by atoms with Gasteiger partial charge in [0.2, 0.25) is 17.7 Å². The van der Waals surface area contributed by atoms with Gasteiger partial charge in [-0.3, -0.25) is 14.4 Å². The third-order valence-electron chi connectivity index (χ3n) is 10.1. The summed E-state index contributed by atoms with van der Waals surface area (Å²) in [5.41, 5.74) is 1.68. The van der Waals surface area contributed by atoms with E-state index in [9.17, 15) is 14.4 Å². The van der Waals surface area contributed by atoms with E-state index in [1.54, 1.807) is 4.90 Å². The van der Waals surface area contributed by atoms with Gasteiger partial charge in [0.05, 0.1) is 17.9 Å². The number of aryl methyl sites for hydroxylation is 2. The average Bonchev–Trinajstić information content (AvgIpc) is 3.55. The summed E-state index contributed by atoms with van der Waals surface area (Å²) < 4.78 is 6.54. The van der Waals surface area contributed by atoms with Crippen LogP contribution in [0, 0.1) is 37.5 Å². The standard InChI is InChI=1S/C33H48N4O4/c1-7-8-14-36(6)15-16-37-29(31(39)35-25-11-9-10-22(4)23(25)5)33-13-12-26(41-33)27(28(33)32(37)40)30(38)34-24-18-20(2)17-21(3)19-24/h12-13,17-19,22-23,25-29H,7-11,14-16H2,1-6H3,(H,34,38)(H,35,39)/t22-,23-,25+,26-,27+,28-,29-,33-/m0/s1. The summed E-state index contributed by atoms with van der Waals surface area (Å²) >= 11 is 0. The Balaban J connectivity index is 1.42. The molecule has 2 N–H and O–H groups in total. The fourth-order valence-corrected chi connectivity index (χ4v) is 7.65. The molecule has 8 atom stereocenters. The molecular weight excluding hydrogens is 516 g/mol. The molecule has 3 fully saturated rings. The molecule has 224 valence electrons. The average molecular weight is 565 g/mol. The number of unbranched alkanes of at least 4 members (excludes halogenated alkanes) is 1. The number of carbonyl (C=O) groups excluding carboxylic acids is 3. The van der Waals surface area contributed by atoms with Crippen molar-refractivity contribution in [1.29, 1.82) is 0 Å². The van der Waals surface area contributed by atoms with Crippen molar-refractivity contribution in [2.24, 2.45) is 23.7 Å². The van der Waals surface area contributed by atoms with Crippen LogP contribution in [0.4, 0.5) is 5.69 Å². The van der Waals surface area contributed by atoms with E-state index in [4.69, 9.17) is 4.74 Å². The Labute approximate surface area is 245 Å². The minimum Gasteiger partial charge on any atom is -0.359 e. The van der Waals surface area contributed by atoms with Crippen molar-refractivity contribution in [2.45, 2.75) is 90.5 Å². The number of ether oxygens (including phenoxy) is 1. The zero-order chi connectivity index (χ0) is 29.5. The molecule has 0 unspecified atom stereocenters. The molecule has 1 aromatic carbocycles. The Bertz CT molecular complexity index is 1180. The number of fused-ring (bicyclic) bond motifs is 1. The van der Waals surface area contributed by atoms with E-state index in [1.807, 2.05) is 38.1 Å². The number of rotatable bonds is 10. The van der Waals surface area contributed by atoms with E-state index in [-0.39, 0.29) is 23.8 Å². The maximum absolute atomic E-state index is 14.2. The normalized spacial score (nSPS) is 33.9. The number of hydrogen-bond donors (Lipinski definition) is 2. The Hall–Kier alpha value is -2.71. The van der Waals surface area contributed by atoms with Crippen LogP contribution in [0.3, 0.4) is 0 Å². The van der Waals surface area contributed by atoms with E-state index in [0.29, 0.717) is 30.6 Å². The van der Waals surface area contributed by atoms with Crippen LogP contribution in [0.2, 0.25) is 0 Å². The summed E-state index contributed by atoms with van der Waals surface area (Å²) in [6.07, 6.45) is 8.62. The number of benzene rings is 1. The second-order valence-electron chi connectivity index (χ2n) is 13.1. The molecule has 1 spiro atoms. The smallest absolute Gasteiger partial charge is 0.246 e. The molecule has 4 aliphatic rings. The summed E-state index contributed by atoms with van der Waals surface area (Å²) in [5, 5.41) is 6.40. The quantitative estimate of drug-likeness (QED) is 0.418. The highest BCUT2D eigenvalue weighted by Crippen LogP contribution is 2.55. The molecule has 0 radical (unpaired) electrons. The second kappa shape index (κ2) is 11.9. The van der Waals surface area contributed by atoms with Crippen molar-refractivity contribution in [3.8, 4) is 0 Å². The van der Waals surface area contributed by atoms with Crippen LogP contribution in [0.15, 0.2) is 30.4 Å². The monoisotopic (exact) mass is 564 g/mol. The van der Waals surface area contributed by atoms with Gasteiger partial charge in [0.25, 0.3) is 0 Å². The Kier molecular flexibility index (Phi) is 8.63. The van der Waals surface area contributed by atoms with E-state index in [1.165, 1.54) is 6.42 Å². The van der Waals surface area contributed by atoms with Crippen LogP contribution in [0.1, 0.15) is 64.0 Å². The van der Waals surface area contributed by atoms with Gasteiger partial charge in [-0.1, -0.05) is 58.3 Å². The van der Waals surface area contributed by atoms with Gasteiger partial charge in [-0.25, -0.2) is 0 Å². The summed E-state index contributed by atoms with van der Waals surface area (Å²) in [5.74, 6) is -1.09. The lowest BCUT2D eigenvalue weighted by Crippen LogP contribution is -2.58.